The van der Waals surface area contributed by atoms with Crippen molar-refractivity contribution in [1.82, 2.24) is 0 Å². The molecule has 0 aromatic heterocycles. The monoisotopic (exact) mass is 306 g/mol. The number of carbonyl (C=O) groups excluding carboxylic acids is 1. The molecule has 2 N–H and O–H groups in total. The number of rotatable bonds is 5. The summed E-state index contributed by atoms with van der Waals surface area (Å²) in [6.07, 6.45) is 6.70. The zero-order chi connectivity index (χ0) is 15.4. The zero-order valence-electron chi connectivity index (χ0n) is 12.8. The molecule has 1 aliphatic carbocycles. The number of carbonyl (C=O) groups is 1. The number of hydrogen-bond donors (Lipinski definition) is 1. The topological polar surface area (TPSA) is 64.7 Å². The molecule has 1 saturated carbocycles. The minimum Gasteiger partial charge on any atom is -0.465 e. The van der Waals surface area contributed by atoms with E-state index in [2.05, 4.69) is 10.5 Å². The smallest absolute Gasteiger partial charge is 0.338 e. The number of amidine groups is 1. The molecule has 0 bridgehead atoms. The van der Waals surface area contributed by atoms with Crippen LogP contribution in [0.5, 0.6) is 0 Å². The van der Waals surface area contributed by atoms with Crippen molar-refractivity contribution in [3.8, 4) is 0 Å². The zero-order valence-corrected chi connectivity index (χ0v) is 13.6. The second-order valence-corrected chi connectivity index (χ2v) is 6.01. The average molecular weight is 306 g/mol. The van der Waals surface area contributed by atoms with Gasteiger partial charge in [0.15, 0.2) is 0 Å². The van der Waals surface area contributed by atoms with E-state index in [0.29, 0.717) is 11.4 Å². The fourth-order valence-corrected chi connectivity index (χ4v) is 2.92. The van der Waals surface area contributed by atoms with Crippen LogP contribution >= 0.6 is 11.9 Å². The maximum absolute atomic E-state index is 12.0. The molecule has 2 rings (SSSR count). The number of benzene rings is 1. The molecule has 0 saturated heterocycles. The first-order valence-corrected chi connectivity index (χ1v) is 8.33. The lowest BCUT2D eigenvalue weighted by Crippen LogP contribution is -2.19. The summed E-state index contributed by atoms with van der Waals surface area (Å²) in [6, 6.07) is 3.84. The maximum atomic E-state index is 12.0. The predicted molar refractivity (Wildman–Crippen MR) is 87.8 cm³/mol. The summed E-state index contributed by atoms with van der Waals surface area (Å²) >= 11 is 1.31. The Morgan fingerprint density at radius 2 is 2.19 bits per heavy atom. The Labute approximate surface area is 130 Å². The molecule has 0 radical (unpaired) electrons. The SMILES string of the molecule is COC(=O)c1cc(C(N)=NSC)cc(CC2CCC2)c1C. The molecule has 0 aliphatic heterocycles. The molecule has 0 atom stereocenters. The molecule has 1 aromatic carbocycles. The van der Waals surface area contributed by atoms with Crippen LogP contribution in [0.25, 0.3) is 0 Å². The standard InChI is InChI=1S/C16H22N2O2S/c1-10-12(7-11-5-4-6-11)8-13(15(17)18-21-3)9-14(10)16(19)20-2/h8-9,11H,4-7H2,1-3H3,(H2,17,18). The Balaban J connectivity index is 2.43. The normalized spacial score (nSPS) is 15.7. The Kier molecular flexibility index (Phi) is 5.28. The molecule has 21 heavy (non-hydrogen) atoms. The Morgan fingerprint density at radius 1 is 1.48 bits per heavy atom. The van der Waals surface area contributed by atoms with Crippen molar-refractivity contribution in [3.05, 3.63) is 34.4 Å². The molecule has 114 valence electrons. The van der Waals surface area contributed by atoms with Crippen LogP contribution in [-0.4, -0.2) is 25.2 Å². The molecule has 0 heterocycles. The van der Waals surface area contributed by atoms with Crippen molar-refractivity contribution in [2.75, 3.05) is 13.4 Å². The third kappa shape index (κ3) is 3.59. The summed E-state index contributed by atoms with van der Waals surface area (Å²) in [6.45, 7) is 1.98. The van der Waals surface area contributed by atoms with Crippen LogP contribution in [0.3, 0.4) is 0 Å². The lowest BCUT2D eigenvalue weighted by molar-refractivity contribution is 0.0599. The van der Waals surface area contributed by atoms with Gasteiger partial charge < -0.3 is 10.5 Å². The van der Waals surface area contributed by atoms with Crippen LogP contribution in [0.4, 0.5) is 0 Å². The van der Waals surface area contributed by atoms with Gasteiger partial charge in [-0.3, -0.25) is 0 Å². The van der Waals surface area contributed by atoms with Gasteiger partial charge in [0.05, 0.1) is 12.7 Å². The Bertz CT molecular complexity index is 566. The van der Waals surface area contributed by atoms with Crippen LogP contribution in [0.15, 0.2) is 16.5 Å². The van der Waals surface area contributed by atoms with Crippen LogP contribution < -0.4 is 5.73 Å². The average Bonchev–Trinajstić information content (AvgIpc) is 2.43. The van der Waals surface area contributed by atoms with Crippen LogP contribution in [0, 0.1) is 12.8 Å². The van der Waals surface area contributed by atoms with E-state index in [1.165, 1.54) is 43.9 Å². The highest BCUT2D eigenvalue weighted by Crippen LogP contribution is 2.32. The van der Waals surface area contributed by atoms with Gasteiger partial charge in [0.2, 0.25) is 0 Å². The van der Waals surface area contributed by atoms with Crippen molar-refractivity contribution >= 4 is 23.8 Å². The van der Waals surface area contributed by atoms with Gasteiger partial charge in [-0.05, 0) is 54.5 Å². The summed E-state index contributed by atoms with van der Waals surface area (Å²) in [7, 11) is 1.40. The lowest BCUT2D eigenvalue weighted by Gasteiger charge is -2.26. The number of methoxy groups -OCH3 is 1. The molecule has 4 nitrogen and oxygen atoms in total. The van der Waals surface area contributed by atoms with Gasteiger partial charge in [0, 0.05) is 11.8 Å². The van der Waals surface area contributed by atoms with E-state index >= 15 is 0 Å². The van der Waals surface area contributed by atoms with Crippen molar-refractivity contribution in [2.45, 2.75) is 32.6 Å². The van der Waals surface area contributed by atoms with Gasteiger partial charge in [-0.15, -0.1) is 0 Å². The molecule has 1 fully saturated rings. The minimum absolute atomic E-state index is 0.318. The second-order valence-electron chi connectivity index (χ2n) is 5.46. The first-order chi connectivity index (χ1) is 10.1. The lowest BCUT2D eigenvalue weighted by atomic mass is 9.79. The number of nitrogens with two attached hydrogens (primary N) is 1. The van der Waals surface area contributed by atoms with E-state index in [0.717, 1.165) is 23.5 Å². The van der Waals surface area contributed by atoms with E-state index in [1.54, 1.807) is 6.07 Å². The van der Waals surface area contributed by atoms with E-state index in [1.807, 2.05) is 13.2 Å². The fraction of sp³-hybridized carbons (Fsp3) is 0.500. The Morgan fingerprint density at radius 3 is 2.71 bits per heavy atom. The third-order valence-corrected chi connectivity index (χ3v) is 4.52. The quantitative estimate of drug-likeness (QED) is 0.393. The van der Waals surface area contributed by atoms with Crippen LogP contribution in [0.2, 0.25) is 0 Å². The van der Waals surface area contributed by atoms with Crippen molar-refractivity contribution in [2.24, 2.45) is 16.0 Å². The summed E-state index contributed by atoms with van der Waals surface area (Å²) < 4.78 is 9.05. The van der Waals surface area contributed by atoms with Crippen molar-refractivity contribution in [3.63, 3.8) is 0 Å². The highest BCUT2D eigenvalue weighted by Gasteiger charge is 2.21. The number of esters is 1. The van der Waals surface area contributed by atoms with Gasteiger partial charge in [-0.25, -0.2) is 4.79 Å². The van der Waals surface area contributed by atoms with Crippen molar-refractivity contribution < 1.29 is 9.53 Å². The number of nitrogens with zero attached hydrogens (tertiary/aromatic N) is 1. The summed E-state index contributed by atoms with van der Waals surface area (Å²) in [5.74, 6) is 0.854. The van der Waals surface area contributed by atoms with Gasteiger partial charge >= 0.3 is 5.97 Å². The van der Waals surface area contributed by atoms with E-state index in [4.69, 9.17) is 10.5 Å². The summed E-state index contributed by atoms with van der Waals surface area (Å²) in [5, 5.41) is 0. The van der Waals surface area contributed by atoms with Crippen molar-refractivity contribution in [1.29, 1.82) is 0 Å². The molecular weight excluding hydrogens is 284 g/mol. The predicted octanol–water partition coefficient (Wildman–Crippen LogP) is 3.11. The first-order valence-electron chi connectivity index (χ1n) is 7.15. The Hall–Kier alpha value is -1.49. The molecular formula is C16H22N2O2S. The van der Waals surface area contributed by atoms with E-state index in [-0.39, 0.29) is 5.97 Å². The number of hydrogen-bond acceptors (Lipinski definition) is 4. The van der Waals surface area contributed by atoms with E-state index in [9.17, 15) is 4.79 Å². The van der Waals surface area contributed by atoms with Crippen LogP contribution in [-0.2, 0) is 11.2 Å². The maximum Gasteiger partial charge on any atom is 0.338 e. The molecule has 0 spiro atoms. The largest absolute Gasteiger partial charge is 0.465 e. The minimum atomic E-state index is -0.318. The van der Waals surface area contributed by atoms with Gasteiger partial charge in [0.25, 0.3) is 0 Å². The molecule has 5 heteroatoms. The van der Waals surface area contributed by atoms with Gasteiger partial charge in [0.1, 0.15) is 5.84 Å². The highest BCUT2D eigenvalue weighted by atomic mass is 32.2. The first kappa shape index (κ1) is 15.9. The van der Waals surface area contributed by atoms with E-state index < -0.39 is 0 Å². The summed E-state index contributed by atoms with van der Waals surface area (Å²) in [4.78, 5) is 12.0. The van der Waals surface area contributed by atoms with Crippen LogP contribution in [0.1, 0.15) is 46.3 Å². The van der Waals surface area contributed by atoms with Gasteiger partial charge in [-0.1, -0.05) is 19.3 Å². The molecule has 0 amide bonds. The summed E-state index contributed by atoms with van der Waals surface area (Å²) in [5.41, 5.74) is 9.54. The highest BCUT2D eigenvalue weighted by molar-refractivity contribution is 7.97. The third-order valence-electron chi connectivity index (χ3n) is 4.14. The molecule has 1 aliphatic rings. The number of ether oxygens (including phenoxy) is 1. The second kappa shape index (κ2) is 6.98. The fourth-order valence-electron chi connectivity index (χ4n) is 2.62. The molecule has 1 aromatic rings. The van der Waals surface area contributed by atoms with Gasteiger partial charge in [-0.2, -0.15) is 4.40 Å². The molecule has 0 unspecified atom stereocenters.